The summed E-state index contributed by atoms with van der Waals surface area (Å²) in [6, 6.07) is 26.9. The van der Waals surface area contributed by atoms with Gasteiger partial charge in [-0.3, -0.25) is 0 Å². The average molecular weight is 705 g/mol. The molecule has 0 bridgehead atoms. The van der Waals surface area contributed by atoms with Crippen molar-refractivity contribution in [3.63, 3.8) is 0 Å². The number of fused-ring (bicyclic) bond motifs is 3. The van der Waals surface area contributed by atoms with E-state index in [2.05, 4.69) is 22.6 Å². The number of carbonyl (C=O) groups is 2. The second-order valence-corrected chi connectivity index (χ2v) is 12.5. The van der Waals surface area contributed by atoms with Crippen molar-refractivity contribution >= 4 is 70.2 Å². The molecule has 0 fully saturated rings. The van der Waals surface area contributed by atoms with Crippen LogP contribution in [0, 0.1) is 3.57 Å². The van der Waals surface area contributed by atoms with Gasteiger partial charge in [0.05, 0.1) is 0 Å². The number of methoxy groups -OCH3 is 1. The quantitative estimate of drug-likeness (QED) is 0.124. The molecule has 8 heteroatoms. The van der Waals surface area contributed by atoms with E-state index in [4.69, 9.17) is 14.5 Å². The van der Waals surface area contributed by atoms with Crippen LogP contribution in [-0.2, 0) is 4.79 Å². The van der Waals surface area contributed by atoms with Crippen molar-refractivity contribution in [1.29, 1.82) is 0 Å². The molecule has 0 N–H and O–H groups in total. The fraction of sp³-hybridized carbons (Fsp3) is 0.0938. The van der Waals surface area contributed by atoms with Crippen LogP contribution in [0.25, 0.3) is 17.2 Å². The zero-order chi connectivity index (χ0) is 27.8. The van der Waals surface area contributed by atoms with E-state index in [1.165, 1.54) is 0 Å². The third kappa shape index (κ3) is 4.98. The Morgan fingerprint density at radius 1 is 0.850 bits per heavy atom. The first-order chi connectivity index (χ1) is 19.4. The first-order valence-electron chi connectivity index (χ1n) is 12.6. The van der Waals surface area contributed by atoms with Crippen molar-refractivity contribution in [3.05, 3.63) is 111 Å². The zero-order valence-electron chi connectivity index (χ0n) is 21.7. The van der Waals surface area contributed by atoms with E-state index < -0.39 is 0 Å². The average Bonchev–Trinajstić information content (AvgIpc) is 3.42. The number of benzene rings is 4. The maximum atomic E-state index is 13.7. The van der Waals surface area contributed by atoms with Crippen molar-refractivity contribution in [2.75, 3.05) is 18.6 Å². The van der Waals surface area contributed by atoms with Crippen LogP contribution in [0.4, 0.5) is 5.69 Å². The van der Waals surface area contributed by atoms with Crippen LogP contribution in [0.3, 0.4) is 0 Å². The maximum absolute atomic E-state index is 13.7. The number of carbonyl (C=O) groups excluding carboxylic acids is 2. The Kier molecular flexibility index (Phi) is 7.31. The van der Waals surface area contributed by atoms with Gasteiger partial charge in [-0.05, 0) is 0 Å². The van der Waals surface area contributed by atoms with Gasteiger partial charge in [-0.15, -0.1) is 0 Å². The van der Waals surface area contributed by atoms with E-state index in [9.17, 15) is 9.59 Å². The fourth-order valence-corrected chi connectivity index (χ4v) is 7.19. The normalized spacial score (nSPS) is 14.8. The van der Waals surface area contributed by atoms with Crippen molar-refractivity contribution in [1.82, 2.24) is 0 Å². The molecule has 1 aliphatic heterocycles. The number of hydrogen-bond acceptors (Lipinski definition) is 5. The Morgan fingerprint density at radius 3 is 2.23 bits per heavy atom. The molecular formula is C32H23IN2O4Se. The standard InChI is InChI=1S/C32H23IN2O4Se/c1-3-39-23-9-4-19(5-10-23)16-29-31(37)35(21-7-11-22(38-2)12-8-21)32(34-29)40-24-13-15-26-25-14-6-20(33)17-27(25)30(36)28(26)18-24/h4-18H,3H2,1-2H3/b29-16-. The molecule has 198 valence electrons. The third-order valence-electron chi connectivity index (χ3n) is 6.62. The van der Waals surface area contributed by atoms with Gasteiger partial charge < -0.3 is 0 Å². The van der Waals surface area contributed by atoms with E-state index >= 15 is 0 Å². The van der Waals surface area contributed by atoms with E-state index in [1.807, 2.05) is 91.9 Å². The third-order valence-corrected chi connectivity index (χ3v) is 9.27. The van der Waals surface area contributed by atoms with Gasteiger partial charge in [0, 0.05) is 0 Å². The number of hydrogen-bond donors (Lipinski definition) is 0. The molecule has 4 aromatic carbocycles. The van der Waals surface area contributed by atoms with Crippen LogP contribution in [-0.4, -0.2) is 45.1 Å². The molecule has 0 aromatic heterocycles. The second-order valence-electron chi connectivity index (χ2n) is 9.09. The molecule has 4 aromatic rings. The Labute approximate surface area is 252 Å². The Balaban J connectivity index is 1.35. The van der Waals surface area contributed by atoms with Gasteiger partial charge >= 0.3 is 253 Å². The van der Waals surface area contributed by atoms with Crippen LogP contribution < -0.4 is 18.8 Å². The van der Waals surface area contributed by atoms with Crippen LogP contribution in [0.15, 0.2) is 95.6 Å². The van der Waals surface area contributed by atoms with Crippen molar-refractivity contribution < 1.29 is 19.1 Å². The molecule has 0 saturated heterocycles. The molecule has 0 atom stereocenters. The number of amidine groups is 1. The molecule has 1 amide bonds. The summed E-state index contributed by atoms with van der Waals surface area (Å²) in [6.07, 6.45) is 1.79. The molecule has 0 saturated carbocycles. The summed E-state index contributed by atoms with van der Waals surface area (Å²) >= 11 is 1.88. The summed E-state index contributed by atoms with van der Waals surface area (Å²) in [4.78, 5) is 33.4. The summed E-state index contributed by atoms with van der Waals surface area (Å²) in [5.74, 6) is 1.32. The minimum atomic E-state index is -0.345. The van der Waals surface area contributed by atoms with E-state index in [-0.39, 0.29) is 26.6 Å². The summed E-state index contributed by atoms with van der Waals surface area (Å²) in [7, 11) is 1.61. The number of aliphatic imine (C=N–C) groups is 1. The van der Waals surface area contributed by atoms with Gasteiger partial charge in [0.1, 0.15) is 0 Å². The SMILES string of the molecule is CCOc1ccc(/C=C2\N=C([Se]c3ccc4c(c3)C(=O)c3cc(I)ccc3-4)N(c3ccc(OC)cc3)C2=O)cc1. The van der Waals surface area contributed by atoms with Gasteiger partial charge in [0.25, 0.3) is 0 Å². The van der Waals surface area contributed by atoms with Gasteiger partial charge in [-0.1, -0.05) is 0 Å². The number of nitrogens with zero attached hydrogens (tertiary/aromatic N) is 2. The molecule has 1 aliphatic carbocycles. The predicted octanol–water partition coefficient (Wildman–Crippen LogP) is 5.68. The first kappa shape index (κ1) is 26.5. The molecule has 0 spiro atoms. The topological polar surface area (TPSA) is 68.2 Å². The van der Waals surface area contributed by atoms with Gasteiger partial charge in [-0.25, -0.2) is 0 Å². The van der Waals surface area contributed by atoms with Crippen LogP contribution in [0.2, 0.25) is 0 Å². The molecule has 0 unspecified atom stereocenters. The number of halogens is 1. The van der Waals surface area contributed by atoms with E-state index in [1.54, 1.807) is 18.1 Å². The number of ketones is 1. The zero-order valence-corrected chi connectivity index (χ0v) is 25.6. The number of amides is 1. The van der Waals surface area contributed by atoms with E-state index in [0.29, 0.717) is 34.0 Å². The van der Waals surface area contributed by atoms with Crippen molar-refractivity contribution in [2.45, 2.75) is 6.92 Å². The Hall–Kier alpha value is -3.72. The number of ether oxygens (including phenoxy) is 2. The van der Waals surface area contributed by atoms with Crippen molar-refractivity contribution in [2.24, 2.45) is 4.99 Å². The first-order valence-corrected chi connectivity index (χ1v) is 15.4. The summed E-state index contributed by atoms with van der Waals surface area (Å²) in [5.41, 5.74) is 5.27. The molecule has 6 nitrogen and oxygen atoms in total. The van der Waals surface area contributed by atoms with Crippen molar-refractivity contribution in [3.8, 4) is 22.6 Å². The Morgan fingerprint density at radius 2 is 1.52 bits per heavy atom. The number of rotatable bonds is 7. The minimum absolute atomic E-state index is 0.0358. The molecular weight excluding hydrogens is 682 g/mol. The predicted molar refractivity (Wildman–Crippen MR) is 167 cm³/mol. The van der Waals surface area contributed by atoms with Crippen LogP contribution in [0.1, 0.15) is 28.4 Å². The van der Waals surface area contributed by atoms with Crippen LogP contribution in [0.5, 0.6) is 11.5 Å². The monoisotopic (exact) mass is 706 g/mol. The second kappa shape index (κ2) is 11.0. The van der Waals surface area contributed by atoms with Gasteiger partial charge in [-0.2, -0.15) is 0 Å². The van der Waals surface area contributed by atoms with E-state index in [0.717, 1.165) is 36.0 Å². The number of anilines is 1. The summed E-state index contributed by atoms with van der Waals surface area (Å²) < 4.78 is 13.5. The molecule has 1 heterocycles. The Bertz CT molecular complexity index is 1710. The summed E-state index contributed by atoms with van der Waals surface area (Å²) in [5, 5.41) is 0. The van der Waals surface area contributed by atoms with Gasteiger partial charge in [0.2, 0.25) is 0 Å². The molecule has 40 heavy (non-hydrogen) atoms. The summed E-state index contributed by atoms with van der Waals surface area (Å²) in [6.45, 7) is 2.53. The molecule has 0 radical (unpaired) electrons. The van der Waals surface area contributed by atoms with Gasteiger partial charge in [0.15, 0.2) is 0 Å². The van der Waals surface area contributed by atoms with Crippen LogP contribution >= 0.6 is 22.6 Å². The molecule has 6 rings (SSSR count). The molecule has 2 aliphatic rings. The fourth-order valence-electron chi connectivity index (χ4n) is 4.71.